The van der Waals surface area contributed by atoms with E-state index in [4.69, 9.17) is 5.26 Å². The zero-order chi connectivity index (χ0) is 12.8. The second-order valence-corrected chi connectivity index (χ2v) is 6.29. The van der Waals surface area contributed by atoms with Crippen molar-refractivity contribution < 1.29 is 5.11 Å². The first-order chi connectivity index (χ1) is 8.72. The molecule has 0 amide bonds. The highest BCUT2D eigenvalue weighted by molar-refractivity contribution is 7.12. The normalized spacial score (nSPS) is 19.1. The molecule has 0 aromatic carbocycles. The Kier molecular flexibility index (Phi) is 4.76. The number of thiophene rings is 1. The number of rotatable bonds is 4. The monoisotopic (exact) mass is 264 g/mol. The summed E-state index contributed by atoms with van der Waals surface area (Å²) in [5.74, 6) is 0. The van der Waals surface area contributed by atoms with E-state index < -0.39 is 5.60 Å². The third-order valence-electron chi connectivity index (χ3n) is 3.56. The van der Waals surface area contributed by atoms with Crippen LogP contribution in [0.3, 0.4) is 0 Å². The van der Waals surface area contributed by atoms with Crippen molar-refractivity contribution in [3.05, 3.63) is 21.9 Å². The zero-order valence-corrected chi connectivity index (χ0v) is 11.4. The smallest absolute Gasteiger partial charge is 0.110 e. The zero-order valence-electron chi connectivity index (χ0n) is 10.6. The van der Waals surface area contributed by atoms with Crippen molar-refractivity contribution >= 4 is 11.3 Å². The van der Waals surface area contributed by atoms with Crippen LogP contribution in [-0.2, 0) is 6.54 Å². The van der Waals surface area contributed by atoms with Crippen LogP contribution in [0.25, 0.3) is 0 Å². The summed E-state index contributed by atoms with van der Waals surface area (Å²) in [7, 11) is 0. The SMILES string of the molecule is N#Cc1ccc(CNCC2(O)CCCCCC2)s1. The van der Waals surface area contributed by atoms with Gasteiger partial charge in [-0.15, -0.1) is 11.3 Å². The molecule has 4 heteroatoms. The summed E-state index contributed by atoms with van der Waals surface area (Å²) in [6.45, 7) is 1.40. The molecule has 0 aliphatic heterocycles. The quantitative estimate of drug-likeness (QED) is 0.822. The number of hydrogen-bond acceptors (Lipinski definition) is 4. The van der Waals surface area contributed by atoms with Gasteiger partial charge in [0.05, 0.1) is 5.60 Å². The van der Waals surface area contributed by atoms with E-state index in [0.29, 0.717) is 6.54 Å². The summed E-state index contributed by atoms with van der Waals surface area (Å²) < 4.78 is 0. The molecular formula is C14H20N2OS. The van der Waals surface area contributed by atoms with Gasteiger partial charge in [-0.1, -0.05) is 25.7 Å². The fourth-order valence-corrected chi connectivity index (χ4v) is 3.29. The van der Waals surface area contributed by atoms with Crippen molar-refractivity contribution in [3.8, 4) is 6.07 Å². The van der Waals surface area contributed by atoms with Crippen LogP contribution in [0.1, 0.15) is 48.3 Å². The minimum Gasteiger partial charge on any atom is -0.389 e. The molecule has 1 heterocycles. The molecule has 2 rings (SSSR count). The predicted molar refractivity (Wildman–Crippen MR) is 73.4 cm³/mol. The van der Waals surface area contributed by atoms with Crippen LogP contribution in [0, 0.1) is 11.3 Å². The van der Waals surface area contributed by atoms with Crippen LogP contribution in [0.15, 0.2) is 12.1 Å². The minimum absolute atomic E-state index is 0.522. The molecule has 0 radical (unpaired) electrons. The molecule has 0 saturated heterocycles. The molecule has 1 aliphatic rings. The molecule has 0 spiro atoms. The highest BCUT2D eigenvalue weighted by Crippen LogP contribution is 2.26. The van der Waals surface area contributed by atoms with Gasteiger partial charge in [0.15, 0.2) is 0 Å². The van der Waals surface area contributed by atoms with Gasteiger partial charge in [0.1, 0.15) is 10.9 Å². The number of nitriles is 1. The van der Waals surface area contributed by atoms with Gasteiger partial charge in [-0.25, -0.2) is 0 Å². The van der Waals surface area contributed by atoms with Gasteiger partial charge >= 0.3 is 0 Å². The Morgan fingerprint density at radius 3 is 2.61 bits per heavy atom. The lowest BCUT2D eigenvalue weighted by molar-refractivity contribution is 0.0251. The number of nitrogens with zero attached hydrogens (tertiary/aromatic N) is 1. The van der Waals surface area contributed by atoms with Crippen LogP contribution in [0.4, 0.5) is 0 Å². The Morgan fingerprint density at radius 2 is 2.00 bits per heavy atom. The number of aliphatic hydroxyl groups is 1. The van der Waals surface area contributed by atoms with Crippen LogP contribution < -0.4 is 5.32 Å². The van der Waals surface area contributed by atoms with Gasteiger partial charge in [-0.3, -0.25) is 0 Å². The highest BCUT2D eigenvalue weighted by atomic mass is 32.1. The molecule has 0 atom stereocenters. The fourth-order valence-electron chi connectivity index (χ4n) is 2.51. The van der Waals surface area contributed by atoms with Crippen LogP contribution in [0.2, 0.25) is 0 Å². The van der Waals surface area contributed by atoms with E-state index in [0.717, 1.165) is 42.0 Å². The molecule has 18 heavy (non-hydrogen) atoms. The molecule has 1 aromatic heterocycles. The Labute approximate surface area is 112 Å². The van der Waals surface area contributed by atoms with E-state index >= 15 is 0 Å². The van der Waals surface area contributed by atoms with Gasteiger partial charge in [0, 0.05) is 18.0 Å². The van der Waals surface area contributed by atoms with Crippen LogP contribution in [0.5, 0.6) is 0 Å². The van der Waals surface area contributed by atoms with Crippen LogP contribution >= 0.6 is 11.3 Å². The molecule has 0 bridgehead atoms. The molecule has 3 nitrogen and oxygen atoms in total. The van der Waals surface area contributed by atoms with Gasteiger partial charge in [0.2, 0.25) is 0 Å². The molecule has 98 valence electrons. The van der Waals surface area contributed by atoms with E-state index in [1.54, 1.807) is 0 Å². The molecule has 1 saturated carbocycles. The first kappa shape index (κ1) is 13.5. The van der Waals surface area contributed by atoms with Gasteiger partial charge < -0.3 is 10.4 Å². The standard InChI is InChI=1S/C14H20N2OS/c15-9-12-5-6-13(18-12)10-16-11-14(17)7-3-1-2-4-8-14/h5-6,16-17H,1-4,7-8,10-11H2. The Bertz CT molecular complexity index is 414. The second kappa shape index (κ2) is 6.33. The fraction of sp³-hybridized carbons (Fsp3) is 0.643. The molecule has 1 aromatic rings. The summed E-state index contributed by atoms with van der Waals surface area (Å²) >= 11 is 1.52. The maximum Gasteiger partial charge on any atom is 0.110 e. The first-order valence-electron chi connectivity index (χ1n) is 6.64. The Morgan fingerprint density at radius 1 is 1.28 bits per heavy atom. The maximum absolute atomic E-state index is 10.5. The van der Waals surface area contributed by atoms with Crippen molar-refractivity contribution in [2.24, 2.45) is 0 Å². The van der Waals surface area contributed by atoms with Gasteiger partial charge in [-0.2, -0.15) is 5.26 Å². The van der Waals surface area contributed by atoms with Crippen molar-refractivity contribution in [1.29, 1.82) is 5.26 Å². The minimum atomic E-state index is -0.522. The second-order valence-electron chi connectivity index (χ2n) is 5.12. The summed E-state index contributed by atoms with van der Waals surface area (Å²) in [5, 5.41) is 22.5. The lowest BCUT2D eigenvalue weighted by Gasteiger charge is -2.26. The van der Waals surface area contributed by atoms with Crippen molar-refractivity contribution in [2.45, 2.75) is 50.7 Å². The van der Waals surface area contributed by atoms with E-state index in [9.17, 15) is 5.11 Å². The Balaban J connectivity index is 1.78. The van der Waals surface area contributed by atoms with Gasteiger partial charge in [-0.05, 0) is 25.0 Å². The molecular weight excluding hydrogens is 244 g/mol. The van der Waals surface area contributed by atoms with Crippen molar-refractivity contribution in [2.75, 3.05) is 6.54 Å². The average Bonchev–Trinajstić information content (AvgIpc) is 2.71. The Hall–Kier alpha value is -0.890. The summed E-state index contributed by atoms with van der Waals surface area (Å²) in [4.78, 5) is 1.91. The van der Waals surface area contributed by atoms with E-state index in [-0.39, 0.29) is 0 Å². The summed E-state index contributed by atoms with van der Waals surface area (Å²) in [6, 6.07) is 5.97. The van der Waals surface area contributed by atoms with Crippen LogP contribution in [-0.4, -0.2) is 17.3 Å². The highest BCUT2D eigenvalue weighted by Gasteiger charge is 2.27. The first-order valence-corrected chi connectivity index (χ1v) is 7.45. The lowest BCUT2D eigenvalue weighted by atomic mass is 9.94. The molecule has 1 fully saturated rings. The van der Waals surface area contributed by atoms with E-state index in [1.807, 2.05) is 12.1 Å². The number of nitrogens with one attached hydrogen (secondary N) is 1. The molecule has 2 N–H and O–H groups in total. The maximum atomic E-state index is 10.5. The third-order valence-corrected chi connectivity index (χ3v) is 4.55. The summed E-state index contributed by atoms with van der Waals surface area (Å²) in [5.41, 5.74) is -0.522. The van der Waals surface area contributed by atoms with Crippen molar-refractivity contribution in [1.82, 2.24) is 5.32 Å². The topological polar surface area (TPSA) is 56.0 Å². The predicted octanol–water partition coefficient (Wildman–Crippen LogP) is 2.79. The molecule has 0 unspecified atom stereocenters. The van der Waals surface area contributed by atoms with Gasteiger partial charge in [0.25, 0.3) is 0 Å². The summed E-state index contributed by atoms with van der Waals surface area (Å²) in [6.07, 6.45) is 6.59. The lowest BCUT2D eigenvalue weighted by Crippen LogP contribution is -2.39. The van der Waals surface area contributed by atoms with E-state index in [2.05, 4.69) is 11.4 Å². The average molecular weight is 264 g/mol. The third kappa shape index (κ3) is 3.81. The number of hydrogen-bond donors (Lipinski definition) is 2. The van der Waals surface area contributed by atoms with Crippen molar-refractivity contribution in [3.63, 3.8) is 0 Å². The largest absolute Gasteiger partial charge is 0.389 e. The molecule has 1 aliphatic carbocycles. The van der Waals surface area contributed by atoms with E-state index in [1.165, 1.54) is 24.2 Å².